The van der Waals surface area contributed by atoms with Crippen LogP contribution in [0.1, 0.15) is 17.0 Å². The minimum Gasteiger partial charge on any atom is -0.472 e. The van der Waals surface area contributed by atoms with Gasteiger partial charge in [0.25, 0.3) is 0 Å². The molecule has 22 heavy (non-hydrogen) atoms. The van der Waals surface area contributed by atoms with Crippen molar-refractivity contribution in [3.8, 4) is 5.75 Å². The predicted octanol–water partition coefficient (Wildman–Crippen LogP) is 4.77. The van der Waals surface area contributed by atoms with Crippen LogP contribution in [0, 0.1) is 0 Å². The van der Waals surface area contributed by atoms with E-state index in [9.17, 15) is 13.2 Å². The molecule has 0 saturated carbocycles. The van der Waals surface area contributed by atoms with Crippen LogP contribution in [0.3, 0.4) is 0 Å². The lowest BCUT2D eigenvalue weighted by atomic mass is 9.96. The van der Waals surface area contributed by atoms with Crippen molar-refractivity contribution >= 4 is 24.0 Å². The molecule has 120 valence electrons. The van der Waals surface area contributed by atoms with Gasteiger partial charge in [0.2, 0.25) is 0 Å². The second-order valence-electron chi connectivity index (χ2n) is 4.83. The van der Waals surface area contributed by atoms with Crippen molar-refractivity contribution < 1.29 is 22.4 Å². The maximum Gasteiger partial charge on any atom is 0.416 e. The molecule has 0 bridgehead atoms. The average Bonchev–Trinajstić information content (AvgIpc) is 2.87. The van der Waals surface area contributed by atoms with Gasteiger partial charge in [-0.3, -0.25) is 0 Å². The first-order valence-corrected chi connectivity index (χ1v) is 6.63. The normalized spacial score (nSPS) is 16.0. The maximum absolute atomic E-state index is 12.7. The van der Waals surface area contributed by atoms with Crippen molar-refractivity contribution in [1.82, 2.24) is 5.06 Å². The third kappa shape index (κ3) is 3.51. The third-order valence-corrected chi connectivity index (χ3v) is 3.66. The number of hydrogen-bond acceptors (Lipinski definition) is 3. The first-order valence-electron chi connectivity index (χ1n) is 6.25. The van der Waals surface area contributed by atoms with Crippen LogP contribution in [-0.4, -0.2) is 18.2 Å². The number of rotatable bonds is 3. The summed E-state index contributed by atoms with van der Waals surface area (Å²) in [5.74, 6) is 0.269. The minimum absolute atomic E-state index is 0. The highest BCUT2D eigenvalue weighted by Gasteiger charge is 2.33. The molecule has 1 aliphatic heterocycles. The Labute approximate surface area is 136 Å². The van der Waals surface area contributed by atoms with Crippen LogP contribution in [0.25, 0.3) is 0 Å². The molecule has 1 aromatic heterocycles. The molecule has 0 atom stereocenters. The Bertz CT molecular complexity index is 626. The van der Waals surface area contributed by atoms with Gasteiger partial charge < -0.3 is 9.25 Å². The Morgan fingerprint density at radius 3 is 2.55 bits per heavy atom. The fourth-order valence-corrected chi connectivity index (χ4v) is 2.27. The highest BCUT2D eigenvalue weighted by molar-refractivity contribution is 6.32. The van der Waals surface area contributed by atoms with Crippen LogP contribution in [0.2, 0.25) is 5.02 Å². The van der Waals surface area contributed by atoms with Gasteiger partial charge in [0.05, 0.1) is 23.1 Å². The van der Waals surface area contributed by atoms with E-state index in [1.54, 1.807) is 17.6 Å². The molecule has 0 radical (unpaired) electrons. The van der Waals surface area contributed by atoms with Crippen molar-refractivity contribution in [1.29, 1.82) is 0 Å². The van der Waals surface area contributed by atoms with Gasteiger partial charge in [0.15, 0.2) is 5.75 Å². The summed E-state index contributed by atoms with van der Waals surface area (Å²) in [4.78, 5) is 5.42. The van der Waals surface area contributed by atoms with Crippen LogP contribution < -0.4 is 4.84 Å². The summed E-state index contributed by atoms with van der Waals surface area (Å²) in [6.07, 6.45) is -1.18. The van der Waals surface area contributed by atoms with Gasteiger partial charge in [0, 0.05) is 19.0 Å². The second-order valence-corrected chi connectivity index (χ2v) is 5.24. The first kappa shape index (κ1) is 17.0. The molecule has 3 nitrogen and oxygen atoms in total. The van der Waals surface area contributed by atoms with Gasteiger partial charge in [-0.15, -0.1) is 17.5 Å². The summed E-state index contributed by atoms with van der Waals surface area (Å²) in [7, 11) is 0. The highest BCUT2D eigenvalue weighted by atomic mass is 35.5. The quantitative estimate of drug-likeness (QED) is 0.794. The molecule has 2 aromatic rings. The Hall–Kier alpha value is -1.37. The lowest BCUT2D eigenvalue weighted by Crippen LogP contribution is -2.46. The van der Waals surface area contributed by atoms with Crippen molar-refractivity contribution in [3.63, 3.8) is 0 Å². The Kier molecular flexibility index (Phi) is 4.94. The Morgan fingerprint density at radius 2 is 1.95 bits per heavy atom. The fourth-order valence-electron chi connectivity index (χ4n) is 2.12. The van der Waals surface area contributed by atoms with Gasteiger partial charge in [-0.2, -0.15) is 13.2 Å². The molecule has 0 aliphatic carbocycles. The molecule has 3 rings (SSSR count). The molecule has 2 heterocycles. The standard InChI is InChI=1S/C14H11ClF3NO2.ClH/c15-12-2-1-11(14(16,17)18)5-13(12)21-19-6-10(7-19)9-3-4-20-8-9;/h1-5,8,10H,6-7H2;1H. The monoisotopic (exact) mass is 353 g/mol. The fraction of sp³-hybridized carbons (Fsp3) is 0.286. The molecule has 0 unspecified atom stereocenters. The molecule has 0 amide bonds. The summed E-state index contributed by atoms with van der Waals surface area (Å²) in [5, 5.41) is 1.72. The molecule has 1 aliphatic rings. The Morgan fingerprint density at radius 1 is 1.23 bits per heavy atom. The zero-order chi connectivity index (χ0) is 15.0. The molecule has 1 saturated heterocycles. The number of benzene rings is 1. The van der Waals surface area contributed by atoms with Crippen LogP contribution >= 0.6 is 24.0 Å². The molecular weight excluding hydrogens is 342 g/mol. The van der Waals surface area contributed by atoms with E-state index in [-0.39, 0.29) is 29.1 Å². The van der Waals surface area contributed by atoms with Crippen LogP contribution in [0.5, 0.6) is 5.75 Å². The first-order chi connectivity index (χ1) is 9.93. The number of hydroxylamine groups is 2. The predicted molar refractivity (Wildman–Crippen MR) is 77.4 cm³/mol. The number of hydrogen-bond donors (Lipinski definition) is 0. The van der Waals surface area contributed by atoms with E-state index in [4.69, 9.17) is 20.9 Å². The molecular formula is C14H12Cl2F3NO2. The maximum atomic E-state index is 12.7. The van der Waals surface area contributed by atoms with Crippen molar-refractivity contribution in [2.75, 3.05) is 13.1 Å². The molecule has 1 aromatic carbocycles. The van der Waals surface area contributed by atoms with Crippen LogP contribution in [0.4, 0.5) is 13.2 Å². The second kappa shape index (κ2) is 6.40. The molecule has 0 spiro atoms. The van der Waals surface area contributed by atoms with Gasteiger partial charge >= 0.3 is 6.18 Å². The number of alkyl halides is 3. The highest BCUT2D eigenvalue weighted by Crippen LogP contribution is 2.36. The van der Waals surface area contributed by atoms with E-state index in [1.807, 2.05) is 6.07 Å². The van der Waals surface area contributed by atoms with E-state index in [1.165, 1.54) is 6.07 Å². The van der Waals surface area contributed by atoms with Crippen molar-refractivity contribution in [2.45, 2.75) is 12.1 Å². The van der Waals surface area contributed by atoms with Crippen molar-refractivity contribution in [3.05, 3.63) is 52.9 Å². The molecule has 1 fully saturated rings. The Balaban J connectivity index is 0.00000176. The topological polar surface area (TPSA) is 25.6 Å². The third-order valence-electron chi connectivity index (χ3n) is 3.35. The van der Waals surface area contributed by atoms with E-state index < -0.39 is 11.7 Å². The van der Waals surface area contributed by atoms with Gasteiger partial charge in [-0.25, -0.2) is 0 Å². The van der Waals surface area contributed by atoms with E-state index in [2.05, 4.69) is 0 Å². The summed E-state index contributed by atoms with van der Waals surface area (Å²) >= 11 is 5.87. The smallest absolute Gasteiger partial charge is 0.416 e. The van der Waals surface area contributed by atoms with E-state index in [0.29, 0.717) is 13.1 Å². The summed E-state index contributed by atoms with van der Waals surface area (Å²) in [6.45, 7) is 1.15. The van der Waals surface area contributed by atoms with Crippen molar-refractivity contribution in [2.24, 2.45) is 0 Å². The van der Waals surface area contributed by atoms with Crippen LogP contribution in [-0.2, 0) is 6.18 Å². The number of furan rings is 1. The SMILES string of the molecule is Cl.FC(F)(F)c1ccc(Cl)c(ON2CC(c3ccoc3)C2)c1. The zero-order valence-electron chi connectivity index (χ0n) is 11.1. The zero-order valence-corrected chi connectivity index (χ0v) is 12.7. The molecule has 8 heteroatoms. The van der Waals surface area contributed by atoms with Gasteiger partial charge in [-0.1, -0.05) is 11.6 Å². The number of halogens is 5. The average molecular weight is 354 g/mol. The minimum atomic E-state index is -4.42. The van der Waals surface area contributed by atoms with Gasteiger partial charge in [-0.05, 0) is 29.8 Å². The summed E-state index contributed by atoms with van der Waals surface area (Å²) in [5.41, 5.74) is 0.263. The van der Waals surface area contributed by atoms with Gasteiger partial charge in [0.1, 0.15) is 0 Å². The molecule has 0 N–H and O–H groups in total. The van der Waals surface area contributed by atoms with Crippen LogP contribution in [0.15, 0.2) is 41.2 Å². The summed E-state index contributed by atoms with van der Waals surface area (Å²) in [6, 6.07) is 4.89. The largest absolute Gasteiger partial charge is 0.472 e. The summed E-state index contributed by atoms with van der Waals surface area (Å²) < 4.78 is 43.0. The van der Waals surface area contributed by atoms with E-state index in [0.717, 1.165) is 17.7 Å². The van der Waals surface area contributed by atoms with E-state index >= 15 is 0 Å². The number of nitrogens with zero attached hydrogens (tertiary/aromatic N) is 1. The lowest BCUT2D eigenvalue weighted by Gasteiger charge is -2.37. The lowest BCUT2D eigenvalue weighted by molar-refractivity contribution is -0.139.